The number of benzene rings is 4. The second-order valence-electron chi connectivity index (χ2n) is 34.4. The van der Waals surface area contributed by atoms with Crippen molar-refractivity contribution in [1.29, 1.82) is 5.26 Å². The van der Waals surface area contributed by atoms with E-state index in [2.05, 4.69) is 80.2 Å². The lowest BCUT2D eigenvalue weighted by Crippen LogP contribution is -2.24. The molecular formula is C93H97Cl4N15O24S9. The summed E-state index contributed by atoms with van der Waals surface area (Å²) in [6.07, 6.45) is 13.4. The number of nitriles is 1. The number of nitrogens with two attached hydrogens (primary N) is 4. The molecule has 52 heteroatoms. The van der Waals surface area contributed by atoms with Crippen LogP contribution in [0.15, 0.2) is 186 Å². The Morgan fingerprint density at radius 1 is 0.462 bits per heavy atom. The first-order valence-corrected chi connectivity index (χ1v) is 56.7. The van der Waals surface area contributed by atoms with Gasteiger partial charge in [-0.3, -0.25) is 35.9 Å². The van der Waals surface area contributed by atoms with Crippen LogP contribution in [0, 0.1) is 53.8 Å². The number of sulfone groups is 1. The zero-order chi connectivity index (χ0) is 104. The Labute approximate surface area is 871 Å². The SMILES string of the molecule is CCc1ccccc1OCc1csc(C(=O)c2cncnc2C[C@@H]2C[C@H](COS(N)(=O)=O)[C@@H](O)C2)c1.Cc1sc(C(=O)c2cncnc2N[C@@H]2C[C@H](COS(N)(=O)=O)[C@@H](O)C2)cc1S(=O)(=O)c1cccc(Cl)c1.N#Cc1sc(C(=O)c2cncnc2N[C@@H]2C[C@H](COS(N)(=O)=O)[C@@H](O)C2)cc1Cc1cccc(Cl)c1.NS(=O)(=O)OC[C@H]1C[C@@H](Cc2ncncc2C(=O)c2cc(COc3cccc(Cl)c3Cl)cs2)C[C@@H]1O. The van der Waals surface area contributed by atoms with E-state index in [-0.39, 0.29) is 135 Å². The van der Waals surface area contributed by atoms with E-state index in [4.69, 9.17) is 76.4 Å². The molecule has 0 spiro atoms. The predicted molar refractivity (Wildman–Crippen MR) is 541 cm³/mol. The molecule has 4 saturated carbocycles. The Kier molecular flexibility index (Phi) is 38.8. The molecule has 0 amide bonds. The lowest BCUT2D eigenvalue weighted by atomic mass is 9.96. The molecule has 12 atom stereocenters. The maximum atomic E-state index is 13.4. The quantitative estimate of drug-likeness (QED) is 0.0160. The second-order valence-corrected chi connectivity index (χ2v) is 47.0. The Balaban J connectivity index is 0.000000162. The number of aromatic nitrogens is 8. The number of hydrogen-bond acceptors (Lipinski definition) is 39. The van der Waals surface area contributed by atoms with Gasteiger partial charge in [-0.15, -0.1) is 45.3 Å². The molecule has 0 bridgehead atoms. The first-order valence-electron chi connectivity index (χ1n) is 44.4. The van der Waals surface area contributed by atoms with Crippen LogP contribution in [0.3, 0.4) is 0 Å². The van der Waals surface area contributed by atoms with E-state index in [1.165, 1.54) is 97.0 Å². The minimum absolute atomic E-state index is 0.00564. The van der Waals surface area contributed by atoms with E-state index >= 15 is 0 Å². The molecule has 0 aliphatic heterocycles. The van der Waals surface area contributed by atoms with E-state index < -0.39 is 93.1 Å². The van der Waals surface area contributed by atoms with E-state index in [9.17, 15) is 87.0 Å². The molecule has 8 aromatic heterocycles. The number of rotatable bonds is 39. The molecule has 4 fully saturated rings. The van der Waals surface area contributed by atoms with Crippen LogP contribution in [0.1, 0.15) is 168 Å². The smallest absolute Gasteiger partial charge is 0.333 e. The van der Waals surface area contributed by atoms with Gasteiger partial charge in [0.25, 0.3) is 0 Å². The molecule has 145 heavy (non-hydrogen) atoms. The molecule has 4 aliphatic rings. The topological polar surface area (TPSA) is 630 Å². The number of carbonyl (C=O) groups excluding carboxylic acids is 4. The van der Waals surface area contributed by atoms with Crippen molar-refractivity contribution in [2.45, 2.75) is 150 Å². The number of carbonyl (C=O) groups is 4. The number of ketones is 4. The number of thiophene rings is 4. The molecule has 16 rings (SSSR count). The van der Waals surface area contributed by atoms with Gasteiger partial charge >= 0.3 is 41.2 Å². The van der Waals surface area contributed by atoms with Crippen molar-refractivity contribution in [1.82, 2.24) is 39.9 Å². The first kappa shape index (κ1) is 112. The number of ether oxygens (including phenoxy) is 2. The fourth-order valence-electron chi connectivity index (χ4n) is 17.0. The molecule has 4 aromatic carbocycles. The third-order valence-corrected chi connectivity index (χ3v) is 33.2. The number of anilines is 2. The highest BCUT2D eigenvalue weighted by Crippen LogP contribution is 2.42. The molecule has 39 nitrogen and oxygen atoms in total. The third kappa shape index (κ3) is 31.7. The molecule has 770 valence electrons. The van der Waals surface area contributed by atoms with Crippen molar-refractivity contribution in [3.8, 4) is 17.6 Å². The van der Waals surface area contributed by atoms with Gasteiger partial charge in [0.1, 0.15) is 77.6 Å². The third-order valence-electron chi connectivity index (χ3n) is 24.0. The summed E-state index contributed by atoms with van der Waals surface area (Å²) in [4.78, 5) is 88.9. The monoisotopic (exact) mass is 2240 g/mol. The maximum Gasteiger partial charge on any atom is 0.333 e. The normalized spacial score (nSPS) is 19.9. The van der Waals surface area contributed by atoms with Gasteiger partial charge in [0.15, 0.2) is 0 Å². The second kappa shape index (κ2) is 50.2. The highest BCUT2D eigenvalue weighted by atomic mass is 35.5. The summed E-state index contributed by atoms with van der Waals surface area (Å²) in [5, 5.41) is 82.0. The van der Waals surface area contributed by atoms with Gasteiger partial charge in [-0.05, 0) is 196 Å². The number of nitrogens with one attached hydrogen (secondary N) is 2. The highest BCUT2D eigenvalue weighted by molar-refractivity contribution is 7.91. The van der Waals surface area contributed by atoms with E-state index in [0.717, 1.165) is 62.7 Å². The van der Waals surface area contributed by atoms with Crippen LogP contribution in [0.2, 0.25) is 20.1 Å². The highest BCUT2D eigenvalue weighted by Gasteiger charge is 2.41. The van der Waals surface area contributed by atoms with E-state index in [1.54, 1.807) is 49.4 Å². The van der Waals surface area contributed by atoms with Crippen LogP contribution in [-0.2, 0) is 107 Å². The van der Waals surface area contributed by atoms with Gasteiger partial charge in [-0.2, -0.15) is 38.9 Å². The number of halogens is 4. The molecular weight excluding hydrogens is 2140 g/mol. The molecule has 12 aromatic rings. The van der Waals surface area contributed by atoms with Crippen LogP contribution in [0.25, 0.3) is 0 Å². The first-order chi connectivity index (χ1) is 68.8. The van der Waals surface area contributed by atoms with Crippen LogP contribution >= 0.6 is 91.8 Å². The number of aryl methyl sites for hydroxylation is 2. The number of nitrogens with zero attached hydrogens (tertiary/aromatic N) is 9. The summed E-state index contributed by atoms with van der Waals surface area (Å²) < 4.78 is 145. The number of aliphatic hydroxyl groups is 4. The Morgan fingerprint density at radius 3 is 1.35 bits per heavy atom. The fraction of sp³-hybridized carbons (Fsp3) is 0.344. The Hall–Kier alpha value is -10.2. The lowest BCUT2D eigenvalue weighted by molar-refractivity contribution is 0.0997. The van der Waals surface area contributed by atoms with Gasteiger partial charge in [-0.25, -0.2) is 68.8 Å². The minimum atomic E-state index is -4.14. The minimum Gasteiger partial charge on any atom is -0.489 e. The number of aliphatic hydroxyl groups excluding tert-OH is 4. The predicted octanol–water partition coefficient (Wildman–Crippen LogP) is 11.9. The maximum absolute atomic E-state index is 13.4. The zero-order valence-corrected chi connectivity index (χ0v) is 87.2. The molecule has 0 unspecified atom stereocenters. The van der Waals surface area contributed by atoms with Crippen molar-refractivity contribution >= 4 is 178 Å². The van der Waals surface area contributed by atoms with Crippen LogP contribution in [0.4, 0.5) is 11.6 Å². The molecule has 4 aliphatic carbocycles. The van der Waals surface area contributed by atoms with E-state index in [0.29, 0.717) is 139 Å². The number of para-hydroxylation sites is 1. The van der Waals surface area contributed by atoms with Crippen molar-refractivity contribution in [2.75, 3.05) is 37.1 Å². The largest absolute Gasteiger partial charge is 0.489 e. The van der Waals surface area contributed by atoms with Gasteiger partial charge in [0, 0.05) is 86.6 Å². The lowest BCUT2D eigenvalue weighted by Gasteiger charge is -2.15. The molecule has 0 saturated heterocycles. The average molecular weight is 2240 g/mol. The average Bonchev–Trinajstić information content (AvgIpc) is 1.64. The van der Waals surface area contributed by atoms with Crippen LogP contribution in [-0.4, -0.2) is 188 Å². The van der Waals surface area contributed by atoms with Crippen molar-refractivity contribution in [3.63, 3.8) is 0 Å². The van der Waals surface area contributed by atoms with Crippen molar-refractivity contribution < 1.29 is 108 Å². The van der Waals surface area contributed by atoms with Gasteiger partial charge in [0.05, 0.1) is 119 Å². The number of hydrogen-bond donors (Lipinski definition) is 10. The summed E-state index contributed by atoms with van der Waals surface area (Å²) in [7, 11) is -20.3. The van der Waals surface area contributed by atoms with Gasteiger partial charge in [0.2, 0.25) is 33.0 Å². The molecule has 0 radical (unpaired) electrons. The standard InChI is InChI=1S/C25H29N3O6S2.C23H23Cl2N3O6S2.C23H22ClN5O5S2.C22H23ClN4O7S3/c1-2-18-5-3-4-6-23(18)33-12-17-10-24(35-14-17)25(30)20-11-27-15-28-21(20)8-16-7-19(22(29)9-16)13-34-36(26,31)32;24-17-2-1-3-20(22(17)25)33-9-14-7-21(35-11-14)23(30)16-8-27-12-28-18(16)5-13-4-15(19(29)6-13)10-34-36(26,31)32;24-16-3-1-2-13(5-16)4-14-7-20(35-21(14)9-25)22(31)18-10-27-12-28-23(18)29-17-6-15(19(30)8-17)11-34-36(26,32)33;1-12-20(36(30,31)16-4-2-3-14(23)6-16)8-19(35-12)21(29)17-9-25-11-26-22(17)27-15-5-13(18(28)7-15)10-34-37(24,32)33/h3-6,10-11,14-16,19,22,29H,2,7-9,12-13H2,1H3,(H2,26,31,32);1-3,7-8,11-13,15,19,29H,4-6,9-10H2,(H2,26,31,32);1-3,5,7,10,12,15,17,19,30H,4,6,8,11H2,(H2,26,32,33)(H,27,28,29);2-4,6,8-9,11,13,15,18,28H,5,7,10H2,1H3,(H2,24,32,33)(H,25,26,27)/t16-,19+,22-;13-,15+,19-;15-,17-,19+;13-,15-,18+/m0011/s1. The summed E-state index contributed by atoms with van der Waals surface area (Å²) in [6, 6.07) is 34.4. The van der Waals surface area contributed by atoms with E-state index in [1.807, 2.05) is 59.3 Å². The summed E-state index contributed by atoms with van der Waals surface area (Å²) in [5.74, 6) is -1.08. The van der Waals surface area contributed by atoms with Gasteiger partial charge in [-0.1, -0.05) is 95.8 Å². The zero-order valence-electron chi connectivity index (χ0n) is 76.9. The Bertz CT molecular complexity index is 7330. The van der Waals surface area contributed by atoms with Crippen LogP contribution in [0.5, 0.6) is 11.5 Å². The van der Waals surface area contributed by atoms with Crippen molar-refractivity contribution in [3.05, 3.63) is 287 Å². The fourth-order valence-corrected chi connectivity index (χ4v) is 24.7. The molecule has 14 N–H and O–H groups in total. The summed E-state index contributed by atoms with van der Waals surface area (Å²) in [6.45, 7) is 3.39. The van der Waals surface area contributed by atoms with Crippen molar-refractivity contribution in [2.24, 2.45) is 56.1 Å². The van der Waals surface area contributed by atoms with Gasteiger partial charge < -0.3 is 40.5 Å². The molecule has 8 heterocycles. The summed E-state index contributed by atoms with van der Waals surface area (Å²) >= 11 is 29.0. The van der Waals surface area contributed by atoms with Crippen LogP contribution < -0.4 is 40.7 Å². The summed E-state index contributed by atoms with van der Waals surface area (Å²) in [5.41, 5.74) is 6.78. The Morgan fingerprint density at radius 2 is 0.883 bits per heavy atom.